The Labute approximate surface area is 242 Å². The minimum Gasteiger partial charge on any atom is -0.489 e. The number of pyridine rings is 1. The summed E-state index contributed by atoms with van der Waals surface area (Å²) in [5.74, 6) is -0.371. The van der Waals surface area contributed by atoms with E-state index >= 15 is 0 Å². The molecule has 0 bridgehead atoms. The van der Waals surface area contributed by atoms with Gasteiger partial charge in [0.1, 0.15) is 41.5 Å². The SMILES string of the molecule is C[C@@H](O)COc1ccc(C(=O)NC[C@](C)(O)c2cc3c(c(-c4ccc(F)cc4)n2)OC[C@]3(C)C(N)=O)cc1OC1CC1. The number of aromatic nitrogens is 1. The summed E-state index contributed by atoms with van der Waals surface area (Å²) in [6.07, 6.45) is 1.19. The number of nitrogens with two attached hydrogens (primary N) is 1. The fourth-order valence-electron chi connectivity index (χ4n) is 4.55. The van der Waals surface area contributed by atoms with Crippen LogP contribution in [0.15, 0.2) is 48.5 Å². The van der Waals surface area contributed by atoms with Crippen molar-refractivity contribution in [3.63, 3.8) is 0 Å². The smallest absolute Gasteiger partial charge is 0.251 e. The quantitative estimate of drug-likeness (QED) is 0.271. The topological polar surface area (TPSA) is 153 Å². The number of ether oxygens (including phenoxy) is 3. The van der Waals surface area contributed by atoms with Gasteiger partial charge in [-0.25, -0.2) is 9.37 Å². The number of carbonyl (C=O) groups is 2. The van der Waals surface area contributed by atoms with Crippen LogP contribution in [0.25, 0.3) is 11.3 Å². The maximum Gasteiger partial charge on any atom is 0.251 e. The molecule has 3 aromatic rings. The van der Waals surface area contributed by atoms with Gasteiger partial charge in [0.05, 0.1) is 24.4 Å². The molecule has 1 aliphatic heterocycles. The number of hydrogen-bond donors (Lipinski definition) is 4. The van der Waals surface area contributed by atoms with Crippen molar-refractivity contribution in [2.24, 2.45) is 5.73 Å². The Morgan fingerprint density at radius 1 is 1.21 bits per heavy atom. The van der Waals surface area contributed by atoms with E-state index in [1.807, 2.05) is 0 Å². The number of nitrogens with zero attached hydrogens (tertiary/aromatic N) is 1. The van der Waals surface area contributed by atoms with Crippen molar-refractivity contribution in [1.82, 2.24) is 10.3 Å². The lowest BCUT2D eigenvalue weighted by atomic mass is 9.82. The molecule has 1 aromatic heterocycles. The highest BCUT2D eigenvalue weighted by molar-refractivity contribution is 5.95. The molecule has 1 saturated carbocycles. The summed E-state index contributed by atoms with van der Waals surface area (Å²) < 4.78 is 31.1. The second-order valence-corrected chi connectivity index (χ2v) is 11.3. The summed E-state index contributed by atoms with van der Waals surface area (Å²) in [7, 11) is 0. The van der Waals surface area contributed by atoms with E-state index < -0.39 is 34.8 Å². The number of amides is 2. The lowest BCUT2D eigenvalue weighted by Gasteiger charge is -2.26. The van der Waals surface area contributed by atoms with Crippen LogP contribution in [0.5, 0.6) is 17.2 Å². The number of nitrogens with one attached hydrogen (secondary N) is 1. The van der Waals surface area contributed by atoms with Gasteiger partial charge >= 0.3 is 0 Å². The van der Waals surface area contributed by atoms with Crippen molar-refractivity contribution in [3.8, 4) is 28.5 Å². The van der Waals surface area contributed by atoms with Gasteiger partial charge in [-0.05, 0) is 82.1 Å². The van der Waals surface area contributed by atoms with Crippen molar-refractivity contribution >= 4 is 11.8 Å². The molecule has 2 aromatic carbocycles. The zero-order valence-electron chi connectivity index (χ0n) is 23.6. The highest BCUT2D eigenvalue weighted by Gasteiger charge is 2.45. The Hall–Kier alpha value is -4.22. The molecule has 2 heterocycles. The van der Waals surface area contributed by atoms with Crippen LogP contribution in [0.4, 0.5) is 4.39 Å². The number of hydrogen-bond acceptors (Lipinski definition) is 8. The van der Waals surface area contributed by atoms with E-state index in [1.54, 1.807) is 38.1 Å². The first-order valence-corrected chi connectivity index (χ1v) is 13.7. The van der Waals surface area contributed by atoms with Crippen LogP contribution in [0.1, 0.15) is 55.2 Å². The molecule has 5 rings (SSSR count). The summed E-state index contributed by atoms with van der Waals surface area (Å²) in [6.45, 7) is 4.57. The molecule has 42 heavy (non-hydrogen) atoms. The first-order chi connectivity index (χ1) is 19.9. The monoisotopic (exact) mass is 579 g/mol. The summed E-state index contributed by atoms with van der Waals surface area (Å²) in [5.41, 5.74) is 4.59. The summed E-state index contributed by atoms with van der Waals surface area (Å²) >= 11 is 0. The Kier molecular flexibility index (Phi) is 7.82. The lowest BCUT2D eigenvalue weighted by molar-refractivity contribution is -0.123. The normalized spacial score (nSPS) is 19.7. The van der Waals surface area contributed by atoms with Gasteiger partial charge in [0.2, 0.25) is 5.91 Å². The second-order valence-electron chi connectivity index (χ2n) is 11.3. The van der Waals surface area contributed by atoms with Crippen LogP contribution in [-0.4, -0.2) is 59.0 Å². The van der Waals surface area contributed by atoms with Crippen LogP contribution in [0.2, 0.25) is 0 Å². The van der Waals surface area contributed by atoms with Gasteiger partial charge in [-0.3, -0.25) is 9.59 Å². The third kappa shape index (κ3) is 6.02. The molecule has 222 valence electrons. The standard InChI is InChI=1S/C31H34FN3O7/c1-17(36)14-40-23-11-6-19(12-24(23)42-21-9-10-21)28(37)34-15-31(3,39)25-13-22-27(41-16-30(22,2)29(33)38)26(35-25)18-4-7-20(32)8-5-18/h4-8,11-13,17,21,36,39H,9-10,14-16H2,1-3H3,(H2,33,38)(H,34,37)/t17-,30+,31+/m1/s1. The minimum atomic E-state index is -1.69. The van der Waals surface area contributed by atoms with Gasteiger partial charge in [-0.2, -0.15) is 0 Å². The van der Waals surface area contributed by atoms with Crippen LogP contribution in [0.3, 0.4) is 0 Å². The van der Waals surface area contributed by atoms with E-state index in [-0.39, 0.29) is 37.1 Å². The number of primary amides is 1. The molecule has 10 nitrogen and oxygen atoms in total. The highest BCUT2D eigenvalue weighted by atomic mass is 19.1. The van der Waals surface area contributed by atoms with Crippen LogP contribution >= 0.6 is 0 Å². The molecule has 3 atom stereocenters. The molecule has 1 fully saturated rings. The molecule has 0 spiro atoms. The van der Waals surface area contributed by atoms with Gasteiger partial charge in [0, 0.05) is 16.7 Å². The molecule has 11 heteroatoms. The zero-order chi connectivity index (χ0) is 30.2. The van der Waals surface area contributed by atoms with E-state index in [0.29, 0.717) is 34.1 Å². The van der Waals surface area contributed by atoms with Crippen molar-refractivity contribution in [3.05, 3.63) is 71.2 Å². The molecular weight excluding hydrogens is 545 g/mol. The van der Waals surface area contributed by atoms with Crippen molar-refractivity contribution in [1.29, 1.82) is 0 Å². The maximum atomic E-state index is 13.7. The first kappa shape index (κ1) is 29.3. The van der Waals surface area contributed by atoms with Gasteiger partial charge in [0.15, 0.2) is 11.5 Å². The Balaban J connectivity index is 1.41. The number of fused-ring (bicyclic) bond motifs is 1. The van der Waals surface area contributed by atoms with E-state index in [0.717, 1.165) is 12.8 Å². The van der Waals surface area contributed by atoms with Crippen LogP contribution in [0, 0.1) is 5.82 Å². The zero-order valence-corrected chi connectivity index (χ0v) is 23.6. The van der Waals surface area contributed by atoms with E-state index in [1.165, 1.54) is 31.2 Å². The van der Waals surface area contributed by atoms with E-state index in [4.69, 9.17) is 19.9 Å². The Bertz CT molecular complexity index is 1510. The average Bonchev–Trinajstić information content (AvgIpc) is 3.70. The van der Waals surface area contributed by atoms with Crippen molar-refractivity contribution in [2.45, 2.75) is 56.8 Å². The molecule has 1 aliphatic carbocycles. The third-order valence-corrected chi connectivity index (χ3v) is 7.38. The average molecular weight is 580 g/mol. The molecule has 5 N–H and O–H groups in total. The van der Waals surface area contributed by atoms with Crippen molar-refractivity contribution in [2.75, 3.05) is 19.8 Å². The molecule has 0 saturated heterocycles. The molecular formula is C31H34FN3O7. The predicted octanol–water partition coefficient (Wildman–Crippen LogP) is 2.96. The highest BCUT2D eigenvalue weighted by Crippen LogP contribution is 2.45. The third-order valence-electron chi connectivity index (χ3n) is 7.38. The summed E-state index contributed by atoms with van der Waals surface area (Å²) in [4.78, 5) is 30.2. The largest absolute Gasteiger partial charge is 0.489 e. The second kappa shape index (κ2) is 11.2. The van der Waals surface area contributed by atoms with Gasteiger partial charge < -0.3 is 35.5 Å². The number of carbonyl (C=O) groups excluding carboxylic acids is 2. The minimum absolute atomic E-state index is 0.0158. The van der Waals surface area contributed by atoms with Crippen LogP contribution < -0.4 is 25.3 Å². The van der Waals surface area contributed by atoms with Crippen LogP contribution in [-0.2, 0) is 15.8 Å². The number of benzene rings is 2. The fraction of sp³-hybridized carbons (Fsp3) is 0.387. The number of halogens is 1. The van der Waals surface area contributed by atoms with Gasteiger partial charge in [-0.15, -0.1) is 0 Å². The fourth-order valence-corrected chi connectivity index (χ4v) is 4.55. The molecule has 2 amide bonds. The Morgan fingerprint density at radius 2 is 1.93 bits per heavy atom. The van der Waals surface area contributed by atoms with Gasteiger partial charge in [0.25, 0.3) is 5.91 Å². The summed E-state index contributed by atoms with van der Waals surface area (Å²) in [6, 6.07) is 11.9. The summed E-state index contributed by atoms with van der Waals surface area (Å²) in [5, 5.41) is 23.8. The molecule has 0 unspecified atom stereocenters. The first-order valence-electron chi connectivity index (χ1n) is 13.7. The maximum absolute atomic E-state index is 13.7. The molecule has 0 radical (unpaired) electrons. The van der Waals surface area contributed by atoms with E-state index in [2.05, 4.69) is 10.3 Å². The van der Waals surface area contributed by atoms with E-state index in [9.17, 15) is 24.2 Å². The Morgan fingerprint density at radius 3 is 2.57 bits per heavy atom. The van der Waals surface area contributed by atoms with Crippen molar-refractivity contribution < 1.29 is 38.4 Å². The van der Waals surface area contributed by atoms with Gasteiger partial charge in [-0.1, -0.05) is 0 Å². The lowest BCUT2D eigenvalue weighted by Crippen LogP contribution is -2.41. The molecule has 2 aliphatic rings. The number of aliphatic hydroxyl groups excluding tert-OH is 1. The number of aliphatic hydroxyl groups is 2. The number of rotatable bonds is 11. The predicted molar refractivity (Wildman–Crippen MR) is 151 cm³/mol.